The molecule has 0 fully saturated rings. The van der Waals surface area contributed by atoms with Crippen LogP contribution in [0.1, 0.15) is 40.4 Å². The lowest BCUT2D eigenvalue weighted by Crippen LogP contribution is -2.09. The summed E-state index contributed by atoms with van der Waals surface area (Å²) in [5.41, 5.74) is 2.87. The van der Waals surface area contributed by atoms with Crippen molar-refractivity contribution < 1.29 is 19.1 Å². The Bertz CT molecular complexity index is 900. The second-order valence-electron chi connectivity index (χ2n) is 5.86. The largest absolute Gasteiger partial charge is 0.508 e. The van der Waals surface area contributed by atoms with Crippen molar-refractivity contribution in [1.29, 1.82) is 0 Å². The predicted octanol–water partition coefficient (Wildman–Crippen LogP) is 3.98. The molecule has 1 aromatic heterocycles. The van der Waals surface area contributed by atoms with Crippen molar-refractivity contribution in [3.63, 3.8) is 0 Å². The second kappa shape index (κ2) is 6.76. The number of phenolic OH excluding ortho intramolecular Hbond substituents is 1. The molecule has 0 aliphatic carbocycles. The van der Waals surface area contributed by atoms with Crippen LogP contribution in [0, 0.1) is 13.8 Å². The van der Waals surface area contributed by atoms with Crippen molar-refractivity contribution in [2.45, 2.75) is 26.9 Å². The van der Waals surface area contributed by atoms with Gasteiger partial charge in [0.05, 0.1) is 5.56 Å². The number of hydrogen-bond acceptors (Lipinski definition) is 6. The van der Waals surface area contributed by atoms with Gasteiger partial charge in [-0.25, -0.2) is 4.79 Å². The molecule has 0 aliphatic heterocycles. The Kier molecular flexibility index (Phi) is 4.52. The topological polar surface area (TPSA) is 85.5 Å². The van der Waals surface area contributed by atoms with Gasteiger partial charge in [-0.1, -0.05) is 23.8 Å². The van der Waals surface area contributed by atoms with Gasteiger partial charge < -0.3 is 14.3 Å². The Hall–Kier alpha value is -3.15. The van der Waals surface area contributed by atoms with Gasteiger partial charge in [0.15, 0.2) is 6.10 Å². The lowest BCUT2D eigenvalue weighted by Gasteiger charge is -2.10. The summed E-state index contributed by atoms with van der Waals surface area (Å²) >= 11 is 0. The van der Waals surface area contributed by atoms with Gasteiger partial charge >= 0.3 is 5.97 Å². The zero-order valence-electron chi connectivity index (χ0n) is 14.2. The number of aryl methyl sites for hydroxylation is 2. The SMILES string of the molecule is Cc1ccc(-c2nnc(C(C)OC(=O)c3ccc(C)c(O)c3)o2)cc1. The minimum Gasteiger partial charge on any atom is -0.508 e. The standard InChI is InChI=1S/C19H18N2O4/c1-11-4-7-14(8-5-11)18-21-20-17(25-18)13(3)24-19(23)15-9-6-12(2)16(22)10-15/h4-10,13,22H,1-3H3. The van der Waals surface area contributed by atoms with Crippen molar-refractivity contribution in [1.82, 2.24) is 10.2 Å². The van der Waals surface area contributed by atoms with E-state index in [1.165, 1.54) is 6.07 Å². The average Bonchev–Trinajstić information content (AvgIpc) is 3.08. The minimum absolute atomic E-state index is 0.0431. The van der Waals surface area contributed by atoms with Crippen LogP contribution in [-0.2, 0) is 4.74 Å². The van der Waals surface area contributed by atoms with E-state index in [1.54, 1.807) is 26.0 Å². The third kappa shape index (κ3) is 3.68. The van der Waals surface area contributed by atoms with Crippen LogP contribution in [0.3, 0.4) is 0 Å². The molecular formula is C19H18N2O4. The number of benzene rings is 2. The van der Waals surface area contributed by atoms with Gasteiger partial charge in [0, 0.05) is 5.56 Å². The fourth-order valence-electron chi connectivity index (χ4n) is 2.23. The highest BCUT2D eigenvalue weighted by molar-refractivity contribution is 5.90. The fourth-order valence-corrected chi connectivity index (χ4v) is 2.23. The van der Waals surface area contributed by atoms with Crippen LogP contribution in [0.4, 0.5) is 0 Å². The molecule has 0 saturated heterocycles. The number of esters is 1. The number of nitrogens with zero attached hydrogens (tertiary/aromatic N) is 2. The summed E-state index contributed by atoms with van der Waals surface area (Å²) in [5.74, 6) is 0.0468. The number of rotatable bonds is 4. The van der Waals surface area contributed by atoms with E-state index in [0.29, 0.717) is 11.5 Å². The van der Waals surface area contributed by atoms with Crippen molar-refractivity contribution in [2.75, 3.05) is 0 Å². The van der Waals surface area contributed by atoms with Gasteiger partial charge in [-0.2, -0.15) is 0 Å². The molecule has 3 rings (SSSR count). The van der Waals surface area contributed by atoms with Crippen LogP contribution in [0.25, 0.3) is 11.5 Å². The molecule has 0 bridgehead atoms. The first-order valence-electron chi connectivity index (χ1n) is 7.85. The van der Waals surface area contributed by atoms with E-state index in [9.17, 15) is 9.90 Å². The van der Waals surface area contributed by atoms with Crippen molar-refractivity contribution in [3.8, 4) is 17.2 Å². The smallest absolute Gasteiger partial charge is 0.339 e. The highest BCUT2D eigenvalue weighted by atomic mass is 16.6. The molecule has 0 aliphatic rings. The average molecular weight is 338 g/mol. The molecule has 128 valence electrons. The molecule has 6 heteroatoms. The van der Waals surface area contributed by atoms with E-state index in [2.05, 4.69) is 10.2 Å². The summed E-state index contributed by atoms with van der Waals surface area (Å²) in [7, 11) is 0. The molecule has 1 heterocycles. The third-order valence-electron chi connectivity index (χ3n) is 3.82. The van der Waals surface area contributed by atoms with E-state index in [0.717, 1.165) is 11.1 Å². The number of hydrogen-bond donors (Lipinski definition) is 1. The molecule has 3 aromatic rings. The summed E-state index contributed by atoms with van der Waals surface area (Å²) in [5, 5.41) is 17.6. The zero-order valence-corrected chi connectivity index (χ0v) is 14.2. The summed E-state index contributed by atoms with van der Waals surface area (Å²) in [6.07, 6.45) is -0.706. The first kappa shape index (κ1) is 16.7. The van der Waals surface area contributed by atoms with Gasteiger partial charge in [-0.15, -0.1) is 10.2 Å². The predicted molar refractivity (Wildman–Crippen MR) is 91.1 cm³/mol. The van der Waals surface area contributed by atoms with E-state index in [1.807, 2.05) is 31.2 Å². The van der Waals surface area contributed by atoms with Crippen LogP contribution in [-0.4, -0.2) is 21.3 Å². The maximum atomic E-state index is 12.2. The monoisotopic (exact) mass is 338 g/mol. The summed E-state index contributed by atoms with van der Waals surface area (Å²) in [6, 6.07) is 12.3. The molecule has 2 aromatic carbocycles. The zero-order chi connectivity index (χ0) is 18.0. The number of carbonyl (C=O) groups is 1. The Morgan fingerprint density at radius 3 is 2.52 bits per heavy atom. The quantitative estimate of drug-likeness (QED) is 0.724. The molecule has 1 unspecified atom stereocenters. The maximum absolute atomic E-state index is 12.2. The number of carbonyl (C=O) groups excluding carboxylic acids is 1. The Morgan fingerprint density at radius 1 is 1.12 bits per heavy atom. The Morgan fingerprint density at radius 2 is 1.84 bits per heavy atom. The van der Waals surface area contributed by atoms with Crippen LogP contribution in [0.15, 0.2) is 46.9 Å². The van der Waals surface area contributed by atoms with E-state index in [4.69, 9.17) is 9.15 Å². The molecule has 0 radical (unpaired) electrons. The van der Waals surface area contributed by atoms with Crippen LogP contribution < -0.4 is 0 Å². The fraction of sp³-hybridized carbons (Fsp3) is 0.211. The highest BCUT2D eigenvalue weighted by Crippen LogP contribution is 2.24. The van der Waals surface area contributed by atoms with Gasteiger partial charge in [0.25, 0.3) is 5.89 Å². The van der Waals surface area contributed by atoms with Crippen molar-refractivity contribution in [2.24, 2.45) is 0 Å². The summed E-state index contributed by atoms with van der Waals surface area (Å²) < 4.78 is 10.9. The van der Waals surface area contributed by atoms with E-state index >= 15 is 0 Å². The minimum atomic E-state index is -0.706. The summed E-state index contributed by atoms with van der Waals surface area (Å²) in [6.45, 7) is 5.39. The second-order valence-corrected chi connectivity index (χ2v) is 5.86. The lowest BCUT2D eigenvalue weighted by molar-refractivity contribution is 0.0279. The molecule has 25 heavy (non-hydrogen) atoms. The van der Waals surface area contributed by atoms with Crippen LogP contribution >= 0.6 is 0 Å². The number of phenols is 1. The molecule has 0 saturated carbocycles. The Balaban J connectivity index is 1.73. The van der Waals surface area contributed by atoms with Gasteiger partial charge in [-0.05, 0) is 50.6 Å². The van der Waals surface area contributed by atoms with Gasteiger partial charge in [0.1, 0.15) is 5.75 Å². The highest BCUT2D eigenvalue weighted by Gasteiger charge is 2.20. The molecule has 0 spiro atoms. The third-order valence-corrected chi connectivity index (χ3v) is 3.82. The van der Waals surface area contributed by atoms with Crippen LogP contribution in [0.2, 0.25) is 0 Å². The normalized spacial score (nSPS) is 12.0. The van der Waals surface area contributed by atoms with Crippen molar-refractivity contribution in [3.05, 3.63) is 65.0 Å². The first-order valence-corrected chi connectivity index (χ1v) is 7.85. The molecular weight excluding hydrogens is 320 g/mol. The first-order chi connectivity index (χ1) is 11.9. The van der Waals surface area contributed by atoms with Crippen molar-refractivity contribution >= 4 is 5.97 Å². The Labute approximate surface area is 145 Å². The maximum Gasteiger partial charge on any atom is 0.339 e. The molecule has 1 atom stereocenters. The van der Waals surface area contributed by atoms with Gasteiger partial charge in [-0.3, -0.25) is 0 Å². The lowest BCUT2D eigenvalue weighted by atomic mass is 10.1. The van der Waals surface area contributed by atoms with Gasteiger partial charge in [0.2, 0.25) is 5.89 Å². The number of aromatic hydroxyl groups is 1. The van der Waals surface area contributed by atoms with Crippen LogP contribution in [0.5, 0.6) is 5.75 Å². The molecule has 6 nitrogen and oxygen atoms in total. The van der Waals surface area contributed by atoms with E-state index in [-0.39, 0.29) is 17.2 Å². The number of ether oxygens (including phenoxy) is 1. The summed E-state index contributed by atoms with van der Waals surface area (Å²) in [4.78, 5) is 12.2. The molecule has 0 amide bonds. The number of aromatic nitrogens is 2. The molecule has 1 N–H and O–H groups in total. The van der Waals surface area contributed by atoms with E-state index < -0.39 is 12.1 Å².